The summed E-state index contributed by atoms with van der Waals surface area (Å²) < 4.78 is 0. The molecule has 2 N–H and O–H groups in total. The molecule has 2 aliphatic rings. The third-order valence-corrected chi connectivity index (χ3v) is 6.37. The highest BCUT2D eigenvalue weighted by Crippen LogP contribution is 2.28. The van der Waals surface area contributed by atoms with Crippen molar-refractivity contribution in [3.05, 3.63) is 42.1 Å². The van der Waals surface area contributed by atoms with Crippen LogP contribution in [0.2, 0.25) is 0 Å². The molecule has 4 rings (SSSR count). The molecule has 6 heteroatoms. The maximum absolute atomic E-state index is 9.97. The highest BCUT2D eigenvalue weighted by atomic mass is 16.3. The smallest absolute Gasteiger partial charge is 0.0695 e. The molecule has 3 heterocycles. The molecule has 6 nitrogen and oxygen atoms in total. The Balaban J connectivity index is 1.39. The second-order valence-corrected chi connectivity index (χ2v) is 8.49. The summed E-state index contributed by atoms with van der Waals surface area (Å²) >= 11 is 0. The molecule has 28 heavy (non-hydrogen) atoms. The minimum Gasteiger partial charge on any atom is -0.396 e. The Kier molecular flexibility index (Phi) is 6.42. The van der Waals surface area contributed by atoms with Crippen molar-refractivity contribution >= 4 is 0 Å². The first kappa shape index (κ1) is 19.6. The number of nitrogens with one attached hydrogen (secondary N) is 1. The van der Waals surface area contributed by atoms with Crippen LogP contribution in [0.3, 0.4) is 0 Å². The summed E-state index contributed by atoms with van der Waals surface area (Å²) in [5.41, 5.74) is 3.53. The van der Waals surface area contributed by atoms with Gasteiger partial charge in [-0.1, -0.05) is 30.3 Å². The molecule has 0 saturated carbocycles. The van der Waals surface area contributed by atoms with Crippen molar-refractivity contribution in [3.63, 3.8) is 0 Å². The monoisotopic (exact) mass is 383 g/mol. The molecule has 152 valence electrons. The van der Waals surface area contributed by atoms with E-state index in [0.717, 1.165) is 45.0 Å². The van der Waals surface area contributed by atoms with Crippen molar-refractivity contribution in [2.24, 2.45) is 11.8 Å². The Morgan fingerprint density at radius 3 is 2.68 bits per heavy atom. The lowest BCUT2D eigenvalue weighted by molar-refractivity contribution is 0.165. The van der Waals surface area contributed by atoms with Gasteiger partial charge in [0.1, 0.15) is 0 Å². The van der Waals surface area contributed by atoms with E-state index in [9.17, 15) is 5.11 Å². The van der Waals surface area contributed by atoms with Crippen LogP contribution < -0.4 is 0 Å². The molecule has 1 aromatic heterocycles. The number of aliphatic hydroxyl groups excluding tert-OH is 1. The molecule has 0 radical (unpaired) electrons. The van der Waals surface area contributed by atoms with Gasteiger partial charge in [-0.15, -0.1) is 0 Å². The zero-order chi connectivity index (χ0) is 19.3. The van der Waals surface area contributed by atoms with Crippen molar-refractivity contribution in [2.75, 3.05) is 59.5 Å². The summed E-state index contributed by atoms with van der Waals surface area (Å²) in [5, 5.41) is 17.4. The number of likely N-dealkylation sites (tertiary alicyclic amines) is 1. The molecule has 2 saturated heterocycles. The van der Waals surface area contributed by atoms with Crippen LogP contribution in [-0.4, -0.2) is 89.5 Å². The van der Waals surface area contributed by atoms with Gasteiger partial charge in [-0.25, -0.2) is 0 Å². The Bertz CT molecular complexity index is 734. The predicted octanol–water partition coefficient (Wildman–Crippen LogP) is 1.75. The van der Waals surface area contributed by atoms with E-state index in [0.29, 0.717) is 11.8 Å². The first-order chi connectivity index (χ1) is 13.7. The first-order valence-corrected chi connectivity index (χ1v) is 10.5. The number of hydrogen-bond donors (Lipinski definition) is 2. The van der Waals surface area contributed by atoms with Crippen LogP contribution >= 0.6 is 0 Å². The summed E-state index contributed by atoms with van der Waals surface area (Å²) in [6, 6.07) is 10.4. The normalized spacial score (nSPS) is 25.2. The number of nitrogens with zero attached hydrogens (tertiary/aromatic N) is 4. The Morgan fingerprint density at radius 2 is 1.86 bits per heavy atom. The van der Waals surface area contributed by atoms with E-state index in [1.165, 1.54) is 30.6 Å². The molecule has 0 unspecified atom stereocenters. The van der Waals surface area contributed by atoms with Crippen molar-refractivity contribution in [1.82, 2.24) is 24.9 Å². The SMILES string of the molecule is CN1CCCN(C[C@@H]2CN(Cc3cn[nH]c3-c3ccccc3)C[C@@H]2CO)CC1. The van der Waals surface area contributed by atoms with E-state index in [-0.39, 0.29) is 6.61 Å². The number of benzene rings is 1. The van der Waals surface area contributed by atoms with Crippen LogP contribution in [0.15, 0.2) is 36.5 Å². The number of rotatable bonds is 6. The van der Waals surface area contributed by atoms with E-state index < -0.39 is 0 Å². The van der Waals surface area contributed by atoms with Crippen LogP contribution in [0.5, 0.6) is 0 Å². The number of aliphatic hydroxyl groups is 1. The fraction of sp³-hybridized carbons (Fsp3) is 0.591. The van der Waals surface area contributed by atoms with Gasteiger partial charge in [0.15, 0.2) is 0 Å². The largest absolute Gasteiger partial charge is 0.396 e. The van der Waals surface area contributed by atoms with Gasteiger partial charge in [-0.05, 0) is 44.0 Å². The summed E-state index contributed by atoms with van der Waals surface area (Å²) in [6.45, 7) is 8.96. The summed E-state index contributed by atoms with van der Waals surface area (Å²) in [5.74, 6) is 0.911. The average Bonchev–Trinajstić information content (AvgIpc) is 3.27. The van der Waals surface area contributed by atoms with E-state index in [1.807, 2.05) is 12.3 Å². The maximum atomic E-state index is 9.97. The average molecular weight is 384 g/mol. The van der Waals surface area contributed by atoms with Crippen molar-refractivity contribution in [1.29, 1.82) is 0 Å². The molecule has 0 bridgehead atoms. The molecule has 2 fully saturated rings. The summed E-state index contributed by atoms with van der Waals surface area (Å²) in [4.78, 5) is 7.52. The van der Waals surface area contributed by atoms with Crippen LogP contribution in [0, 0.1) is 11.8 Å². The number of hydrogen-bond acceptors (Lipinski definition) is 5. The second kappa shape index (κ2) is 9.18. The standard InChI is InChI=1S/C22H33N5O/c1-25-8-5-9-26(11-10-25)14-20-15-27(16-21(20)17-28)13-19-12-23-24-22(19)18-6-3-2-4-7-18/h2-4,6-7,12,20-21,28H,5,8-11,13-17H2,1H3,(H,23,24)/t20-,21-/m1/s1. The third kappa shape index (κ3) is 4.63. The zero-order valence-electron chi connectivity index (χ0n) is 16.9. The molecule has 1 aromatic carbocycles. The minimum atomic E-state index is 0.284. The lowest BCUT2D eigenvalue weighted by Gasteiger charge is -2.26. The van der Waals surface area contributed by atoms with E-state index in [2.05, 4.69) is 56.2 Å². The van der Waals surface area contributed by atoms with E-state index >= 15 is 0 Å². The van der Waals surface area contributed by atoms with E-state index in [4.69, 9.17) is 0 Å². The highest BCUT2D eigenvalue weighted by Gasteiger charge is 2.34. The molecule has 2 atom stereocenters. The topological polar surface area (TPSA) is 58.6 Å². The first-order valence-electron chi connectivity index (χ1n) is 10.5. The second-order valence-electron chi connectivity index (χ2n) is 8.49. The lowest BCUT2D eigenvalue weighted by atomic mass is 9.96. The molecule has 0 spiro atoms. The van der Waals surface area contributed by atoms with Gasteiger partial charge in [0.05, 0.1) is 11.9 Å². The van der Waals surface area contributed by atoms with Crippen molar-refractivity contribution < 1.29 is 5.11 Å². The molecule has 2 aromatic rings. The van der Waals surface area contributed by atoms with Gasteiger partial charge in [0, 0.05) is 51.4 Å². The maximum Gasteiger partial charge on any atom is 0.0695 e. The number of aromatic amines is 1. The van der Waals surface area contributed by atoms with Gasteiger partial charge in [0.25, 0.3) is 0 Å². The van der Waals surface area contributed by atoms with E-state index in [1.54, 1.807) is 0 Å². The van der Waals surface area contributed by atoms with Gasteiger partial charge >= 0.3 is 0 Å². The number of aromatic nitrogens is 2. The van der Waals surface area contributed by atoms with Crippen LogP contribution in [0.25, 0.3) is 11.3 Å². The van der Waals surface area contributed by atoms with Gasteiger partial charge < -0.3 is 14.9 Å². The molecular formula is C22H33N5O. The third-order valence-electron chi connectivity index (χ3n) is 6.37. The number of likely N-dealkylation sites (N-methyl/N-ethyl adjacent to an activating group) is 1. The Hall–Kier alpha value is -1.73. The quantitative estimate of drug-likeness (QED) is 0.796. The van der Waals surface area contributed by atoms with Gasteiger partial charge in [-0.2, -0.15) is 5.10 Å². The predicted molar refractivity (Wildman–Crippen MR) is 112 cm³/mol. The molecule has 0 aliphatic carbocycles. The number of H-pyrrole nitrogens is 1. The Labute approximate surface area is 168 Å². The molecule has 0 amide bonds. The van der Waals surface area contributed by atoms with Crippen molar-refractivity contribution in [3.8, 4) is 11.3 Å². The zero-order valence-corrected chi connectivity index (χ0v) is 16.9. The molecule has 2 aliphatic heterocycles. The minimum absolute atomic E-state index is 0.284. The van der Waals surface area contributed by atoms with Gasteiger partial charge in [0.2, 0.25) is 0 Å². The molecular weight excluding hydrogens is 350 g/mol. The van der Waals surface area contributed by atoms with Crippen LogP contribution in [-0.2, 0) is 6.54 Å². The van der Waals surface area contributed by atoms with Crippen LogP contribution in [0.1, 0.15) is 12.0 Å². The lowest BCUT2D eigenvalue weighted by Crippen LogP contribution is -2.36. The highest BCUT2D eigenvalue weighted by molar-refractivity contribution is 5.62. The van der Waals surface area contributed by atoms with Crippen LogP contribution in [0.4, 0.5) is 0 Å². The Morgan fingerprint density at radius 1 is 1.04 bits per heavy atom. The fourth-order valence-electron chi connectivity index (χ4n) is 4.72. The summed E-state index contributed by atoms with van der Waals surface area (Å²) in [7, 11) is 2.21. The fourth-order valence-corrected chi connectivity index (χ4v) is 4.72. The van der Waals surface area contributed by atoms with Crippen molar-refractivity contribution in [2.45, 2.75) is 13.0 Å². The summed E-state index contributed by atoms with van der Waals surface area (Å²) in [6.07, 6.45) is 3.19. The van der Waals surface area contributed by atoms with Gasteiger partial charge in [-0.3, -0.25) is 10.00 Å².